The van der Waals surface area contributed by atoms with Gasteiger partial charge in [-0.05, 0) is 45.5 Å². The lowest BCUT2D eigenvalue weighted by molar-refractivity contribution is 0.274. The second-order valence-corrected chi connectivity index (χ2v) is 4.88. The first kappa shape index (κ1) is 14.0. The summed E-state index contributed by atoms with van der Waals surface area (Å²) in [7, 11) is 4.07. The van der Waals surface area contributed by atoms with Gasteiger partial charge in [0.25, 0.3) is 0 Å². The first-order valence-electron chi connectivity index (χ1n) is 6.10. The van der Waals surface area contributed by atoms with Gasteiger partial charge in [0.2, 0.25) is 0 Å². The molecular formula is C14H24N2O. The van der Waals surface area contributed by atoms with Gasteiger partial charge in [-0.15, -0.1) is 0 Å². The fourth-order valence-corrected chi connectivity index (χ4v) is 1.90. The van der Waals surface area contributed by atoms with Gasteiger partial charge in [0.1, 0.15) is 5.75 Å². The molecular weight excluding hydrogens is 212 g/mol. The molecule has 1 atom stereocenters. The second-order valence-electron chi connectivity index (χ2n) is 4.88. The Balaban J connectivity index is 2.41. The summed E-state index contributed by atoms with van der Waals surface area (Å²) in [4.78, 5) is 2.10. The highest BCUT2D eigenvalue weighted by Gasteiger charge is 2.06. The average Bonchev–Trinajstić information content (AvgIpc) is 2.21. The van der Waals surface area contributed by atoms with E-state index in [1.54, 1.807) is 0 Å². The summed E-state index contributed by atoms with van der Waals surface area (Å²) >= 11 is 0. The van der Waals surface area contributed by atoms with Crippen molar-refractivity contribution in [2.75, 3.05) is 27.2 Å². The molecule has 1 aromatic rings. The highest BCUT2D eigenvalue weighted by atomic mass is 16.5. The molecule has 0 aliphatic rings. The zero-order valence-electron chi connectivity index (χ0n) is 11.4. The van der Waals surface area contributed by atoms with E-state index in [9.17, 15) is 0 Å². The molecule has 0 aliphatic heterocycles. The highest BCUT2D eigenvalue weighted by Crippen LogP contribution is 2.22. The van der Waals surface area contributed by atoms with E-state index in [0.29, 0.717) is 6.61 Å². The monoisotopic (exact) mass is 236 g/mol. The fraction of sp³-hybridized carbons (Fsp3) is 0.571. The van der Waals surface area contributed by atoms with Crippen molar-refractivity contribution in [2.45, 2.75) is 26.3 Å². The van der Waals surface area contributed by atoms with E-state index in [1.807, 2.05) is 14.1 Å². The Labute approximate surface area is 105 Å². The van der Waals surface area contributed by atoms with Crippen LogP contribution in [0.15, 0.2) is 18.2 Å². The Bertz CT molecular complexity index is 330. The summed E-state index contributed by atoms with van der Waals surface area (Å²) in [6.07, 6.45) is 0.881. The molecule has 1 aromatic carbocycles. The number of para-hydroxylation sites is 1. The molecule has 0 radical (unpaired) electrons. The van der Waals surface area contributed by atoms with E-state index in [-0.39, 0.29) is 6.04 Å². The van der Waals surface area contributed by atoms with Crippen molar-refractivity contribution in [2.24, 2.45) is 5.73 Å². The minimum atomic E-state index is 0.175. The molecule has 0 fully saturated rings. The van der Waals surface area contributed by atoms with Gasteiger partial charge in [0.05, 0.1) is 6.61 Å². The molecule has 17 heavy (non-hydrogen) atoms. The number of hydrogen-bond donors (Lipinski definition) is 1. The van der Waals surface area contributed by atoms with Crippen LogP contribution in [-0.4, -0.2) is 38.2 Å². The van der Waals surface area contributed by atoms with Crippen LogP contribution in [-0.2, 0) is 0 Å². The summed E-state index contributed by atoms with van der Waals surface area (Å²) < 4.78 is 5.82. The summed E-state index contributed by atoms with van der Waals surface area (Å²) in [5.41, 5.74) is 8.37. The number of benzene rings is 1. The normalized spacial score (nSPS) is 12.8. The number of rotatable bonds is 6. The number of ether oxygens (including phenoxy) is 1. The van der Waals surface area contributed by atoms with Crippen molar-refractivity contribution >= 4 is 0 Å². The number of likely N-dealkylation sites (N-methyl/N-ethyl adjacent to an activating group) is 1. The standard InChI is InChI=1S/C14H24N2O/c1-11-6-5-7-12(2)14(11)17-9-8-13(15)10-16(3)4/h5-7,13H,8-10,15H2,1-4H3. The molecule has 1 unspecified atom stereocenters. The Morgan fingerprint density at radius 2 is 1.82 bits per heavy atom. The van der Waals surface area contributed by atoms with Gasteiger partial charge in [-0.25, -0.2) is 0 Å². The van der Waals surface area contributed by atoms with Crippen LogP contribution in [0.2, 0.25) is 0 Å². The Morgan fingerprint density at radius 3 is 2.35 bits per heavy atom. The van der Waals surface area contributed by atoms with Crippen LogP contribution in [0.25, 0.3) is 0 Å². The molecule has 0 saturated carbocycles. The van der Waals surface area contributed by atoms with E-state index in [2.05, 4.69) is 36.9 Å². The third kappa shape index (κ3) is 4.75. The van der Waals surface area contributed by atoms with E-state index in [4.69, 9.17) is 10.5 Å². The average molecular weight is 236 g/mol. The maximum atomic E-state index is 5.99. The third-order valence-corrected chi connectivity index (χ3v) is 2.74. The van der Waals surface area contributed by atoms with E-state index < -0.39 is 0 Å². The van der Waals surface area contributed by atoms with Crippen LogP contribution in [0.1, 0.15) is 17.5 Å². The van der Waals surface area contributed by atoms with Crippen molar-refractivity contribution in [3.8, 4) is 5.75 Å². The van der Waals surface area contributed by atoms with E-state index in [0.717, 1.165) is 18.7 Å². The smallest absolute Gasteiger partial charge is 0.125 e. The van der Waals surface area contributed by atoms with Crippen LogP contribution < -0.4 is 10.5 Å². The van der Waals surface area contributed by atoms with Crippen molar-refractivity contribution in [3.05, 3.63) is 29.3 Å². The quantitative estimate of drug-likeness (QED) is 0.820. The SMILES string of the molecule is Cc1cccc(C)c1OCCC(N)CN(C)C. The maximum absolute atomic E-state index is 5.99. The van der Waals surface area contributed by atoms with Crippen molar-refractivity contribution in [1.82, 2.24) is 4.90 Å². The molecule has 0 heterocycles. The van der Waals surface area contributed by atoms with Crippen LogP contribution in [0.3, 0.4) is 0 Å². The molecule has 0 saturated heterocycles. The van der Waals surface area contributed by atoms with Crippen LogP contribution in [0, 0.1) is 13.8 Å². The predicted molar refractivity (Wildman–Crippen MR) is 72.6 cm³/mol. The molecule has 0 spiro atoms. The second kappa shape index (κ2) is 6.62. The van der Waals surface area contributed by atoms with Gasteiger partial charge in [-0.3, -0.25) is 0 Å². The number of aryl methyl sites for hydroxylation is 2. The molecule has 3 nitrogen and oxygen atoms in total. The van der Waals surface area contributed by atoms with Crippen molar-refractivity contribution in [1.29, 1.82) is 0 Å². The lowest BCUT2D eigenvalue weighted by Gasteiger charge is -2.18. The van der Waals surface area contributed by atoms with Crippen LogP contribution in [0.5, 0.6) is 5.75 Å². The topological polar surface area (TPSA) is 38.5 Å². The first-order chi connectivity index (χ1) is 8.00. The minimum absolute atomic E-state index is 0.175. The van der Waals surface area contributed by atoms with Crippen LogP contribution in [0.4, 0.5) is 0 Å². The predicted octanol–water partition coefficient (Wildman–Crippen LogP) is 1.96. The first-order valence-corrected chi connectivity index (χ1v) is 6.10. The molecule has 1 rings (SSSR count). The Hall–Kier alpha value is -1.06. The lowest BCUT2D eigenvalue weighted by Crippen LogP contribution is -2.34. The minimum Gasteiger partial charge on any atom is -0.493 e. The van der Waals surface area contributed by atoms with Crippen molar-refractivity contribution in [3.63, 3.8) is 0 Å². The van der Waals surface area contributed by atoms with Gasteiger partial charge in [-0.1, -0.05) is 18.2 Å². The molecule has 2 N–H and O–H groups in total. The number of hydrogen-bond acceptors (Lipinski definition) is 3. The third-order valence-electron chi connectivity index (χ3n) is 2.74. The molecule has 0 aromatic heterocycles. The lowest BCUT2D eigenvalue weighted by atomic mass is 10.1. The van der Waals surface area contributed by atoms with Crippen LogP contribution >= 0.6 is 0 Å². The van der Waals surface area contributed by atoms with Gasteiger partial charge < -0.3 is 15.4 Å². The number of nitrogens with two attached hydrogens (primary N) is 1. The molecule has 3 heteroatoms. The molecule has 0 amide bonds. The molecule has 0 aliphatic carbocycles. The zero-order valence-corrected chi connectivity index (χ0v) is 11.4. The van der Waals surface area contributed by atoms with E-state index >= 15 is 0 Å². The number of nitrogens with zero attached hydrogens (tertiary/aromatic N) is 1. The molecule has 0 bridgehead atoms. The summed E-state index contributed by atoms with van der Waals surface area (Å²) in [6.45, 7) is 5.72. The molecule has 96 valence electrons. The summed E-state index contributed by atoms with van der Waals surface area (Å²) in [6, 6.07) is 6.37. The highest BCUT2D eigenvalue weighted by molar-refractivity contribution is 5.39. The summed E-state index contributed by atoms with van der Waals surface area (Å²) in [5.74, 6) is 1.00. The van der Waals surface area contributed by atoms with E-state index in [1.165, 1.54) is 11.1 Å². The van der Waals surface area contributed by atoms with Gasteiger partial charge in [0, 0.05) is 12.6 Å². The largest absolute Gasteiger partial charge is 0.493 e. The summed E-state index contributed by atoms with van der Waals surface area (Å²) in [5, 5.41) is 0. The fourth-order valence-electron chi connectivity index (χ4n) is 1.90. The van der Waals surface area contributed by atoms with Gasteiger partial charge >= 0.3 is 0 Å². The maximum Gasteiger partial charge on any atom is 0.125 e. The Morgan fingerprint density at radius 1 is 1.24 bits per heavy atom. The van der Waals surface area contributed by atoms with Gasteiger partial charge in [0.15, 0.2) is 0 Å². The van der Waals surface area contributed by atoms with Gasteiger partial charge in [-0.2, -0.15) is 0 Å². The zero-order chi connectivity index (χ0) is 12.8. The Kier molecular flexibility index (Phi) is 5.45. The van der Waals surface area contributed by atoms with Crippen molar-refractivity contribution < 1.29 is 4.74 Å².